The van der Waals surface area contributed by atoms with Gasteiger partial charge in [-0.3, -0.25) is 0 Å². The van der Waals surface area contributed by atoms with E-state index >= 15 is 35.1 Å². The molecule has 2 aliphatic heterocycles. The van der Waals surface area contributed by atoms with E-state index in [1.165, 1.54) is 0 Å². The van der Waals surface area contributed by atoms with Crippen molar-refractivity contribution in [3.63, 3.8) is 0 Å². The van der Waals surface area contributed by atoms with Gasteiger partial charge in [-0.05, 0) is 54.7 Å². The van der Waals surface area contributed by atoms with Crippen molar-refractivity contribution >= 4 is 0 Å². The molecule has 61 heteroatoms. The monoisotopic (exact) mass is 2020 g/mol. The molecule has 752 valence electrons. The van der Waals surface area contributed by atoms with Crippen LogP contribution in [0.15, 0.2) is 115 Å². The molecule has 0 amide bonds. The lowest BCUT2D eigenvalue weighted by atomic mass is 9.88. The number of alkyl halides is 51. The van der Waals surface area contributed by atoms with Gasteiger partial charge in [-0.15, -0.1) is 0 Å². The van der Waals surface area contributed by atoms with Gasteiger partial charge in [0.2, 0.25) is 6.29 Å². The van der Waals surface area contributed by atoms with Gasteiger partial charge in [-0.1, -0.05) is 91.0 Å². The lowest BCUT2D eigenvalue weighted by molar-refractivity contribution is -0.461. The first kappa shape index (κ1) is 112. The summed E-state index contributed by atoms with van der Waals surface area (Å²) < 4.78 is 777. The van der Waals surface area contributed by atoms with Crippen LogP contribution in [0.5, 0.6) is 11.5 Å². The molecule has 2 saturated heterocycles. The van der Waals surface area contributed by atoms with Gasteiger partial charge in [-0.25, -0.2) is 0 Å². The summed E-state index contributed by atoms with van der Waals surface area (Å²) in [5, 5.41) is 0. The first-order valence-electron chi connectivity index (χ1n) is 35.5. The Morgan fingerprint density at radius 1 is 0.290 bits per heavy atom. The minimum absolute atomic E-state index is 0.236. The predicted molar refractivity (Wildman–Crippen MR) is 331 cm³/mol. The smallest absolute Gasteiger partial charge is 0.460 e. The maximum absolute atomic E-state index is 15.2. The SMILES string of the molecule is FC(F)(F)C(F)(F)C(F)(F)C(F)(F)C(F)(F)C(F)(F)C(F)(F)C(F)(F)CCCOCC(OCCCC(F)(F)C(F)(F)C(F)(F)C(F)(F)C(F)(F)C(F)(F)C(F)(F)C(F)(F)F)C(COc1ccc(O[C@@H]2OC3COC(c4ccccc4)O[C@H]3C(OCc3ccccc3)C2OCc2ccccc2)cc1)OCCCC(F)(F)C(F)(F)C(F)(F)C(F)(F)C(F)(F)C(F)(F)C(F)(F)C(F)(F)F. The molecule has 4 aromatic rings. The molecule has 0 aromatic heterocycles. The topological polar surface area (TPSA) is 92.3 Å². The van der Waals surface area contributed by atoms with Gasteiger partial charge < -0.3 is 47.4 Å². The Balaban J connectivity index is 1.42. The van der Waals surface area contributed by atoms with Crippen molar-refractivity contribution in [2.45, 2.75) is 244 Å². The van der Waals surface area contributed by atoms with Gasteiger partial charge in [-0.2, -0.15) is 224 Å². The molecule has 131 heavy (non-hydrogen) atoms. The largest absolute Gasteiger partial charge is 0.491 e. The lowest BCUT2D eigenvalue weighted by Gasteiger charge is -2.48. The molecular weight excluding hydrogens is 1970 g/mol. The summed E-state index contributed by atoms with van der Waals surface area (Å²) in [4.78, 5) is 0. The third-order valence-corrected chi connectivity index (χ3v) is 19.2. The quantitative estimate of drug-likeness (QED) is 0.0315. The van der Waals surface area contributed by atoms with Crippen LogP contribution in [0, 0.1) is 0 Å². The third-order valence-electron chi connectivity index (χ3n) is 19.2. The van der Waals surface area contributed by atoms with Crippen LogP contribution in [-0.2, 0) is 51.1 Å². The minimum Gasteiger partial charge on any atom is -0.491 e. The maximum atomic E-state index is 15.2. The molecule has 8 atom stereocenters. The van der Waals surface area contributed by atoms with Crippen molar-refractivity contribution < 1.29 is 271 Å². The molecule has 0 N–H and O–H groups in total. The van der Waals surface area contributed by atoms with Crippen molar-refractivity contribution in [3.8, 4) is 11.5 Å². The Morgan fingerprint density at radius 2 is 0.573 bits per heavy atom. The normalized spacial score (nSPS) is 20.1. The van der Waals surface area contributed by atoms with Crippen molar-refractivity contribution in [1.82, 2.24) is 0 Å². The number of halogens is 51. The van der Waals surface area contributed by atoms with E-state index in [2.05, 4.69) is 4.74 Å². The Bertz CT molecular complexity index is 4300. The zero-order valence-electron chi connectivity index (χ0n) is 63.3. The Hall–Kier alpha value is -7.41. The average molecular weight is 2030 g/mol. The molecule has 2 fully saturated rings. The minimum atomic E-state index is -9.27. The zero-order chi connectivity index (χ0) is 101. The van der Waals surface area contributed by atoms with E-state index in [1.807, 2.05) is 0 Å². The van der Waals surface area contributed by atoms with Gasteiger partial charge in [0.15, 0.2) is 6.29 Å². The van der Waals surface area contributed by atoms with Crippen molar-refractivity contribution in [2.24, 2.45) is 0 Å². The Morgan fingerprint density at radius 3 is 0.901 bits per heavy atom. The van der Waals surface area contributed by atoms with Crippen LogP contribution in [0.2, 0.25) is 0 Å². The number of hydrogen-bond acceptors (Lipinski definition) is 10. The molecule has 0 aliphatic carbocycles. The van der Waals surface area contributed by atoms with Gasteiger partial charge >= 0.3 is 143 Å². The van der Waals surface area contributed by atoms with E-state index in [4.69, 9.17) is 42.6 Å². The summed E-state index contributed by atoms with van der Waals surface area (Å²) in [5.41, 5.74) is 1.41. The van der Waals surface area contributed by atoms with Gasteiger partial charge in [0, 0.05) is 44.6 Å². The molecule has 6 unspecified atom stereocenters. The summed E-state index contributed by atoms with van der Waals surface area (Å²) in [6.45, 7) is -12.1. The highest BCUT2D eigenvalue weighted by Crippen LogP contribution is 2.69. The van der Waals surface area contributed by atoms with Gasteiger partial charge in [0.1, 0.15) is 54.7 Å². The van der Waals surface area contributed by atoms with Crippen LogP contribution in [0.4, 0.5) is 224 Å². The van der Waals surface area contributed by atoms with E-state index in [0.29, 0.717) is 28.8 Å². The van der Waals surface area contributed by atoms with E-state index in [0.717, 1.165) is 12.1 Å². The summed E-state index contributed by atoms with van der Waals surface area (Å²) in [6, 6.07) is 26.7. The van der Waals surface area contributed by atoms with Crippen molar-refractivity contribution in [3.05, 3.63) is 132 Å². The maximum Gasteiger partial charge on any atom is 0.460 e. The molecular formula is C70H55F51O10. The summed E-state index contributed by atoms with van der Waals surface area (Å²) >= 11 is 0. The molecule has 2 heterocycles. The zero-order valence-corrected chi connectivity index (χ0v) is 63.3. The number of hydrogen-bond donors (Lipinski definition) is 0. The number of fused-ring (bicyclic) bond motifs is 1. The standard InChI is InChI=1S/C70H55F51O10/c71-47(72,50(77,78)53(83,84)56(89,90)59(95,96)62(101,102)65(107,108)68(113,114)115)23-10-26-122-31-39(123-27-11-24-48(73,74)51(79,80)54(85,86)57(91,92)60(97,98)63(103,104)66(109,110)69(116,117)118)40(124-28-12-25-49(75,76)52(81,82)55(87,88)58(93,94)61(99,100)64(105,106)67(111,112)70(119,120)121)32-125-37-19-21-38(22-20-37)129-46-44(127-30-35-15-6-2-7-16-35)43(126-29-34-13-4-1-5-14-34)42-41(130-46)33-128-45(131-42)36-17-8-3-9-18-36/h1-9,13-22,39-46H,10-12,23-33H2/t39?,40?,41?,42-,43?,44?,45?,46-/m1/s1. The molecule has 4 aromatic carbocycles. The molecule has 6 rings (SSSR count). The third kappa shape index (κ3) is 20.3. The molecule has 0 spiro atoms. The van der Waals surface area contributed by atoms with Crippen LogP contribution in [-0.4, -0.2) is 225 Å². The van der Waals surface area contributed by atoms with Gasteiger partial charge in [0.25, 0.3) is 0 Å². The van der Waals surface area contributed by atoms with Gasteiger partial charge in [0.05, 0.1) is 26.4 Å². The summed E-state index contributed by atoms with van der Waals surface area (Å²) in [5.74, 6) is -185. The lowest BCUT2D eigenvalue weighted by Crippen LogP contribution is -2.74. The molecule has 0 bridgehead atoms. The van der Waals surface area contributed by atoms with E-state index < -0.39 is 275 Å². The second kappa shape index (κ2) is 37.9. The molecule has 0 radical (unpaired) electrons. The fourth-order valence-corrected chi connectivity index (χ4v) is 11.5. The van der Waals surface area contributed by atoms with Crippen LogP contribution in [0.3, 0.4) is 0 Å². The van der Waals surface area contributed by atoms with Crippen molar-refractivity contribution in [2.75, 3.05) is 39.6 Å². The first-order valence-corrected chi connectivity index (χ1v) is 35.5. The van der Waals surface area contributed by atoms with Crippen LogP contribution >= 0.6 is 0 Å². The van der Waals surface area contributed by atoms with Crippen LogP contribution < -0.4 is 9.47 Å². The average Bonchev–Trinajstić information content (AvgIpc) is 0.702. The number of rotatable bonds is 47. The predicted octanol–water partition coefficient (Wildman–Crippen LogP) is 24.6. The first-order chi connectivity index (χ1) is 58.8. The van der Waals surface area contributed by atoms with E-state index in [9.17, 15) is 189 Å². The number of benzene rings is 4. The second-order valence-electron chi connectivity index (χ2n) is 28.3. The van der Waals surface area contributed by atoms with E-state index in [-0.39, 0.29) is 19.8 Å². The van der Waals surface area contributed by atoms with E-state index in [1.54, 1.807) is 91.0 Å². The highest BCUT2D eigenvalue weighted by atomic mass is 19.5. The summed E-state index contributed by atoms with van der Waals surface area (Å²) in [6.07, 6.45) is -57.3. The fourth-order valence-electron chi connectivity index (χ4n) is 11.5. The highest BCUT2D eigenvalue weighted by molar-refractivity contribution is 5.32. The van der Waals surface area contributed by atoms with Crippen molar-refractivity contribution in [1.29, 1.82) is 0 Å². The summed E-state index contributed by atoms with van der Waals surface area (Å²) in [7, 11) is 0. The molecule has 10 nitrogen and oxygen atoms in total. The fraction of sp³-hybridized carbons (Fsp3) is 0.657. The number of ether oxygens (including phenoxy) is 10. The molecule has 2 aliphatic rings. The highest BCUT2D eigenvalue weighted by Gasteiger charge is 2.99. The second-order valence-corrected chi connectivity index (χ2v) is 28.3. The Kier molecular flexibility index (Phi) is 32.5. The Labute approximate surface area is 697 Å². The molecule has 0 saturated carbocycles. The van der Waals surface area contributed by atoms with Crippen LogP contribution in [0.1, 0.15) is 61.5 Å². The van der Waals surface area contributed by atoms with Crippen LogP contribution in [0.25, 0.3) is 0 Å².